The standard InChI is InChI=1S/C11H15BrN2OS/c1-14(6-10-9(12)4-5-16-10)7-11(15)13-8-2-3-8/h4-5,8H,2-3,6-7H2,1H3,(H,13,15). The van der Waals surface area contributed by atoms with Crippen LogP contribution in [0, 0.1) is 0 Å². The van der Waals surface area contributed by atoms with Crippen molar-refractivity contribution in [2.24, 2.45) is 0 Å². The zero-order valence-electron chi connectivity index (χ0n) is 9.20. The zero-order chi connectivity index (χ0) is 11.5. The molecule has 1 aromatic rings. The molecule has 0 atom stereocenters. The van der Waals surface area contributed by atoms with E-state index in [2.05, 4.69) is 26.6 Å². The molecule has 1 aliphatic rings. The first-order chi connectivity index (χ1) is 7.65. The molecule has 1 saturated carbocycles. The first-order valence-electron chi connectivity index (χ1n) is 5.35. The van der Waals surface area contributed by atoms with E-state index in [1.165, 1.54) is 4.88 Å². The lowest BCUT2D eigenvalue weighted by molar-refractivity contribution is -0.122. The predicted octanol–water partition coefficient (Wildman–Crippen LogP) is 2.22. The molecule has 0 bridgehead atoms. The van der Waals surface area contributed by atoms with Gasteiger partial charge in [-0.1, -0.05) is 0 Å². The molecule has 1 aromatic heterocycles. The molecule has 2 rings (SSSR count). The maximum absolute atomic E-state index is 11.6. The van der Waals surface area contributed by atoms with Gasteiger partial charge in [0.05, 0.1) is 6.54 Å². The molecule has 16 heavy (non-hydrogen) atoms. The normalized spacial score (nSPS) is 15.4. The van der Waals surface area contributed by atoms with Crippen LogP contribution in [0.25, 0.3) is 0 Å². The second kappa shape index (κ2) is 5.29. The highest BCUT2D eigenvalue weighted by Gasteiger charge is 2.23. The van der Waals surface area contributed by atoms with Gasteiger partial charge in [0.15, 0.2) is 0 Å². The lowest BCUT2D eigenvalue weighted by atomic mass is 10.4. The van der Waals surface area contributed by atoms with Gasteiger partial charge in [0.2, 0.25) is 5.91 Å². The van der Waals surface area contributed by atoms with Crippen molar-refractivity contribution in [3.63, 3.8) is 0 Å². The number of likely N-dealkylation sites (N-methyl/N-ethyl adjacent to an activating group) is 1. The summed E-state index contributed by atoms with van der Waals surface area (Å²) in [6.45, 7) is 1.29. The topological polar surface area (TPSA) is 32.3 Å². The molecule has 0 unspecified atom stereocenters. The highest BCUT2D eigenvalue weighted by molar-refractivity contribution is 9.10. The molecule has 1 amide bonds. The number of halogens is 1. The van der Waals surface area contributed by atoms with Crippen molar-refractivity contribution in [3.05, 3.63) is 20.8 Å². The summed E-state index contributed by atoms with van der Waals surface area (Å²) in [5.74, 6) is 0.137. The Labute approximate surface area is 108 Å². The molecule has 1 heterocycles. The molecule has 0 spiro atoms. The molecule has 0 aliphatic heterocycles. The average molecular weight is 303 g/mol. The van der Waals surface area contributed by atoms with E-state index in [1.54, 1.807) is 11.3 Å². The average Bonchev–Trinajstić information content (AvgIpc) is 2.91. The van der Waals surface area contributed by atoms with Crippen molar-refractivity contribution >= 4 is 33.2 Å². The van der Waals surface area contributed by atoms with Crippen molar-refractivity contribution in [2.75, 3.05) is 13.6 Å². The zero-order valence-corrected chi connectivity index (χ0v) is 11.6. The number of amides is 1. The van der Waals surface area contributed by atoms with Crippen LogP contribution in [0.3, 0.4) is 0 Å². The van der Waals surface area contributed by atoms with Crippen LogP contribution in [0.2, 0.25) is 0 Å². The highest BCUT2D eigenvalue weighted by atomic mass is 79.9. The smallest absolute Gasteiger partial charge is 0.234 e. The van der Waals surface area contributed by atoms with Crippen molar-refractivity contribution in [1.82, 2.24) is 10.2 Å². The molecular formula is C11H15BrN2OS. The molecule has 0 aromatic carbocycles. The van der Waals surface area contributed by atoms with Gasteiger partial charge < -0.3 is 5.32 Å². The molecule has 3 nitrogen and oxygen atoms in total. The third kappa shape index (κ3) is 3.57. The summed E-state index contributed by atoms with van der Waals surface area (Å²) in [4.78, 5) is 14.9. The summed E-state index contributed by atoms with van der Waals surface area (Å²) < 4.78 is 1.13. The van der Waals surface area contributed by atoms with Crippen LogP contribution in [0.15, 0.2) is 15.9 Å². The van der Waals surface area contributed by atoms with Crippen molar-refractivity contribution in [1.29, 1.82) is 0 Å². The lowest BCUT2D eigenvalue weighted by Crippen LogP contribution is -2.35. The van der Waals surface area contributed by atoms with Crippen molar-refractivity contribution < 1.29 is 4.79 Å². The Hall–Kier alpha value is -0.390. The summed E-state index contributed by atoms with van der Waals surface area (Å²) in [6.07, 6.45) is 2.29. The first-order valence-corrected chi connectivity index (χ1v) is 7.02. The molecule has 5 heteroatoms. The number of hydrogen-bond acceptors (Lipinski definition) is 3. The van der Waals surface area contributed by atoms with E-state index in [4.69, 9.17) is 0 Å². The number of carbonyl (C=O) groups is 1. The number of hydrogen-bond donors (Lipinski definition) is 1. The molecular weight excluding hydrogens is 288 g/mol. The monoisotopic (exact) mass is 302 g/mol. The fraction of sp³-hybridized carbons (Fsp3) is 0.545. The number of thiophene rings is 1. The van der Waals surface area contributed by atoms with Gasteiger partial charge in [-0.25, -0.2) is 0 Å². The van der Waals surface area contributed by atoms with E-state index in [1.807, 2.05) is 18.0 Å². The molecule has 1 aliphatic carbocycles. The van der Waals surface area contributed by atoms with Crippen LogP contribution in [0.4, 0.5) is 0 Å². The van der Waals surface area contributed by atoms with E-state index in [0.717, 1.165) is 23.9 Å². The second-order valence-electron chi connectivity index (χ2n) is 4.21. The van der Waals surface area contributed by atoms with Crippen LogP contribution in [-0.4, -0.2) is 30.4 Å². The van der Waals surface area contributed by atoms with Crippen LogP contribution >= 0.6 is 27.3 Å². The van der Waals surface area contributed by atoms with E-state index in [0.29, 0.717) is 12.6 Å². The van der Waals surface area contributed by atoms with Crippen molar-refractivity contribution in [2.45, 2.75) is 25.4 Å². The van der Waals surface area contributed by atoms with Gasteiger partial charge >= 0.3 is 0 Å². The van der Waals surface area contributed by atoms with Crippen LogP contribution in [-0.2, 0) is 11.3 Å². The van der Waals surface area contributed by atoms with Crippen molar-refractivity contribution in [3.8, 4) is 0 Å². The van der Waals surface area contributed by atoms with E-state index in [9.17, 15) is 4.79 Å². The van der Waals surface area contributed by atoms with Crippen LogP contribution in [0.5, 0.6) is 0 Å². The van der Waals surface area contributed by atoms with Gasteiger partial charge in [-0.05, 0) is 47.3 Å². The number of nitrogens with zero attached hydrogens (tertiary/aromatic N) is 1. The maximum Gasteiger partial charge on any atom is 0.234 e. The molecule has 1 fully saturated rings. The minimum absolute atomic E-state index is 0.137. The van der Waals surface area contributed by atoms with Gasteiger partial charge in [0.25, 0.3) is 0 Å². The summed E-state index contributed by atoms with van der Waals surface area (Å²) in [5, 5.41) is 5.04. The van der Waals surface area contributed by atoms with Gasteiger partial charge in [-0.3, -0.25) is 9.69 Å². The van der Waals surface area contributed by atoms with Gasteiger partial charge in [0.1, 0.15) is 0 Å². The molecule has 1 N–H and O–H groups in total. The quantitative estimate of drug-likeness (QED) is 0.904. The first kappa shape index (κ1) is 12.1. The Bertz CT molecular complexity index is 376. The van der Waals surface area contributed by atoms with E-state index in [-0.39, 0.29) is 5.91 Å². The number of carbonyl (C=O) groups excluding carboxylic acids is 1. The number of nitrogens with one attached hydrogen (secondary N) is 1. The minimum atomic E-state index is 0.137. The third-order valence-corrected chi connectivity index (χ3v) is 4.37. The Morgan fingerprint density at radius 2 is 2.44 bits per heavy atom. The summed E-state index contributed by atoms with van der Waals surface area (Å²) >= 11 is 5.21. The Balaban J connectivity index is 1.76. The molecule has 88 valence electrons. The lowest BCUT2D eigenvalue weighted by Gasteiger charge is -2.15. The van der Waals surface area contributed by atoms with Crippen LogP contribution in [0.1, 0.15) is 17.7 Å². The van der Waals surface area contributed by atoms with Crippen LogP contribution < -0.4 is 5.32 Å². The minimum Gasteiger partial charge on any atom is -0.352 e. The fourth-order valence-corrected chi connectivity index (χ4v) is 3.04. The molecule has 0 saturated heterocycles. The summed E-state index contributed by atoms with van der Waals surface area (Å²) in [7, 11) is 1.97. The Kier molecular flexibility index (Phi) is 4.00. The SMILES string of the molecule is CN(CC(=O)NC1CC1)Cc1sccc1Br. The van der Waals surface area contributed by atoms with E-state index >= 15 is 0 Å². The summed E-state index contributed by atoms with van der Waals surface area (Å²) in [6, 6.07) is 2.49. The van der Waals surface area contributed by atoms with Gasteiger partial charge in [-0.2, -0.15) is 0 Å². The predicted molar refractivity (Wildman–Crippen MR) is 69.5 cm³/mol. The van der Waals surface area contributed by atoms with Gasteiger partial charge in [-0.15, -0.1) is 11.3 Å². The van der Waals surface area contributed by atoms with Gasteiger partial charge in [0, 0.05) is 21.9 Å². The fourth-order valence-electron chi connectivity index (χ4n) is 1.49. The second-order valence-corrected chi connectivity index (χ2v) is 6.06. The number of rotatable bonds is 5. The van der Waals surface area contributed by atoms with E-state index < -0.39 is 0 Å². The Morgan fingerprint density at radius 1 is 1.69 bits per heavy atom. The largest absolute Gasteiger partial charge is 0.352 e. The third-order valence-electron chi connectivity index (χ3n) is 2.46. The Morgan fingerprint density at radius 3 is 3.00 bits per heavy atom. The molecule has 0 radical (unpaired) electrons. The maximum atomic E-state index is 11.6. The highest BCUT2D eigenvalue weighted by Crippen LogP contribution is 2.23. The summed E-state index contributed by atoms with van der Waals surface area (Å²) in [5.41, 5.74) is 0.